The number of ketones is 1. The number of phenolic OH excluding ortho intramolecular Hbond substituents is 3. The molecule has 0 spiro atoms. The Morgan fingerprint density at radius 2 is 1.69 bits per heavy atom. The molecule has 1 aliphatic rings. The average Bonchev–Trinajstić information content (AvgIpc) is 2.67. The van der Waals surface area contributed by atoms with Crippen molar-refractivity contribution in [1.82, 2.24) is 0 Å². The molecule has 0 saturated carbocycles. The van der Waals surface area contributed by atoms with Gasteiger partial charge in [-0.1, -0.05) is 18.2 Å². The van der Waals surface area contributed by atoms with E-state index in [2.05, 4.69) is 0 Å². The van der Waals surface area contributed by atoms with Crippen molar-refractivity contribution in [2.75, 3.05) is 6.61 Å². The third kappa shape index (κ3) is 4.66. The second kappa shape index (κ2) is 8.50. The standard InChI is InChI=1S/C20H20O9/c21-11-4-1-10(2-5-11)3-6-13(23)17-14(24)7-12(22)8-16(17)29-20-19(27)18(26)15(25)9-28-20/h1-8,15,18-22,24-27H,9H2. The second-order valence-corrected chi connectivity index (χ2v) is 6.50. The van der Waals surface area contributed by atoms with E-state index in [1.807, 2.05) is 0 Å². The number of ether oxygens (including phenoxy) is 2. The number of carbonyl (C=O) groups excluding carboxylic acids is 1. The number of hydrogen-bond donors (Lipinski definition) is 6. The summed E-state index contributed by atoms with van der Waals surface area (Å²) in [6.07, 6.45) is -3.31. The van der Waals surface area contributed by atoms with Crippen LogP contribution in [0.4, 0.5) is 0 Å². The summed E-state index contributed by atoms with van der Waals surface area (Å²) in [7, 11) is 0. The molecule has 1 aliphatic heterocycles. The number of benzene rings is 2. The fourth-order valence-corrected chi connectivity index (χ4v) is 2.78. The van der Waals surface area contributed by atoms with E-state index in [0.717, 1.165) is 18.2 Å². The molecule has 0 amide bonds. The first kappa shape index (κ1) is 20.6. The van der Waals surface area contributed by atoms with E-state index in [1.54, 1.807) is 12.1 Å². The molecule has 2 aromatic carbocycles. The van der Waals surface area contributed by atoms with Crippen LogP contribution >= 0.6 is 0 Å². The van der Waals surface area contributed by atoms with Crippen LogP contribution in [0.2, 0.25) is 0 Å². The van der Waals surface area contributed by atoms with E-state index in [0.29, 0.717) is 5.56 Å². The van der Waals surface area contributed by atoms with E-state index in [9.17, 15) is 35.4 Å². The number of aliphatic hydroxyl groups excluding tert-OH is 3. The van der Waals surface area contributed by atoms with Gasteiger partial charge in [-0.25, -0.2) is 0 Å². The molecule has 0 radical (unpaired) electrons. The highest BCUT2D eigenvalue weighted by Crippen LogP contribution is 2.35. The molecule has 4 atom stereocenters. The lowest BCUT2D eigenvalue weighted by molar-refractivity contribution is -0.242. The maximum atomic E-state index is 12.6. The molecule has 0 aromatic heterocycles. The maximum absolute atomic E-state index is 12.6. The van der Waals surface area contributed by atoms with Crippen LogP contribution in [0.15, 0.2) is 42.5 Å². The Morgan fingerprint density at radius 3 is 2.38 bits per heavy atom. The van der Waals surface area contributed by atoms with Crippen LogP contribution in [0.3, 0.4) is 0 Å². The summed E-state index contributed by atoms with van der Waals surface area (Å²) >= 11 is 0. The van der Waals surface area contributed by atoms with Crippen LogP contribution in [0.25, 0.3) is 6.08 Å². The van der Waals surface area contributed by atoms with Gasteiger partial charge in [0.05, 0.1) is 6.61 Å². The predicted octanol–water partition coefficient (Wildman–Crippen LogP) is 0.517. The first-order chi connectivity index (χ1) is 13.8. The Kier molecular flexibility index (Phi) is 6.04. The molecule has 9 nitrogen and oxygen atoms in total. The van der Waals surface area contributed by atoms with Gasteiger partial charge < -0.3 is 40.1 Å². The fraction of sp³-hybridized carbons (Fsp3) is 0.250. The molecular weight excluding hydrogens is 384 g/mol. The maximum Gasteiger partial charge on any atom is 0.228 e. The van der Waals surface area contributed by atoms with E-state index >= 15 is 0 Å². The minimum Gasteiger partial charge on any atom is -0.508 e. The monoisotopic (exact) mass is 404 g/mol. The predicted molar refractivity (Wildman–Crippen MR) is 99.6 cm³/mol. The van der Waals surface area contributed by atoms with Gasteiger partial charge in [-0.05, 0) is 23.8 Å². The summed E-state index contributed by atoms with van der Waals surface area (Å²) in [6, 6.07) is 8.04. The van der Waals surface area contributed by atoms with Crippen LogP contribution < -0.4 is 4.74 Å². The molecule has 1 heterocycles. The molecule has 0 bridgehead atoms. The SMILES string of the molecule is O=C(C=Cc1ccc(O)cc1)c1c(O)cc(O)cc1OC1OCC(O)C(O)C1O. The number of hydrogen-bond acceptors (Lipinski definition) is 9. The van der Waals surface area contributed by atoms with Gasteiger partial charge in [0.25, 0.3) is 0 Å². The lowest BCUT2D eigenvalue weighted by Crippen LogP contribution is -2.54. The van der Waals surface area contributed by atoms with Crippen molar-refractivity contribution in [3.63, 3.8) is 0 Å². The van der Waals surface area contributed by atoms with Crippen LogP contribution in [0.5, 0.6) is 23.0 Å². The lowest BCUT2D eigenvalue weighted by Gasteiger charge is -2.35. The smallest absolute Gasteiger partial charge is 0.228 e. The third-order valence-corrected chi connectivity index (χ3v) is 4.33. The topological polar surface area (TPSA) is 157 Å². The quantitative estimate of drug-likeness (QED) is 0.309. The minimum absolute atomic E-state index is 0.0682. The van der Waals surface area contributed by atoms with E-state index in [1.165, 1.54) is 18.2 Å². The van der Waals surface area contributed by atoms with Crippen LogP contribution in [-0.4, -0.2) is 67.6 Å². The van der Waals surface area contributed by atoms with Gasteiger partial charge in [-0.2, -0.15) is 0 Å². The molecule has 29 heavy (non-hydrogen) atoms. The van der Waals surface area contributed by atoms with E-state index in [4.69, 9.17) is 9.47 Å². The average molecular weight is 404 g/mol. The van der Waals surface area contributed by atoms with Gasteiger partial charge in [0.15, 0.2) is 5.78 Å². The van der Waals surface area contributed by atoms with Crippen LogP contribution in [0, 0.1) is 0 Å². The van der Waals surface area contributed by atoms with Crippen molar-refractivity contribution in [3.8, 4) is 23.0 Å². The zero-order valence-electron chi connectivity index (χ0n) is 15.0. The lowest BCUT2D eigenvalue weighted by atomic mass is 10.0. The van der Waals surface area contributed by atoms with Gasteiger partial charge in [0, 0.05) is 12.1 Å². The molecule has 2 aromatic rings. The highest BCUT2D eigenvalue weighted by Gasteiger charge is 2.39. The second-order valence-electron chi connectivity index (χ2n) is 6.50. The number of phenols is 3. The van der Waals surface area contributed by atoms with Crippen LogP contribution in [-0.2, 0) is 4.74 Å². The highest BCUT2D eigenvalue weighted by molar-refractivity contribution is 6.10. The van der Waals surface area contributed by atoms with Gasteiger partial charge in [0.2, 0.25) is 6.29 Å². The van der Waals surface area contributed by atoms with Gasteiger partial charge in [-0.15, -0.1) is 0 Å². The molecule has 4 unspecified atom stereocenters. The summed E-state index contributed by atoms with van der Waals surface area (Å²) in [6.45, 7) is -0.322. The Morgan fingerprint density at radius 1 is 1.00 bits per heavy atom. The summed E-state index contributed by atoms with van der Waals surface area (Å²) in [5.74, 6) is -1.85. The summed E-state index contributed by atoms with van der Waals surface area (Å²) in [4.78, 5) is 12.6. The zero-order valence-corrected chi connectivity index (χ0v) is 15.0. The Balaban J connectivity index is 1.87. The highest BCUT2D eigenvalue weighted by atomic mass is 16.7. The van der Waals surface area contributed by atoms with E-state index in [-0.39, 0.29) is 23.7 Å². The number of rotatable bonds is 5. The van der Waals surface area contributed by atoms with E-state index < -0.39 is 41.9 Å². The Bertz CT molecular complexity index is 907. The van der Waals surface area contributed by atoms with Crippen molar-refractivity contribution in [3.05, 3.63) is 53.6 Å². The van der Waals surface area contributed by atoms with Crippen molar-refractivity contribution in [2.24, 2.45) is 0 Å². The molecule has 1 fully saturated rings. The van der Waals surface area contributed by atoms with Crippen LogP contribution in [0.1, 0.15) is 15.9 Å². The molecule has 154 valence electrons. The Hall–Kier alpha value is -3.11. The molecule has 0 aliphatic carbocycles. The van der Waals surface area contributed by atoms with Gasteiger partial charge >= 0.3 is 0 Å². The third-order valence-electron chi connectivity index (χ3n) is 4.33. The number of allylic oxidation sites excluding steroid dienone is 1. The molecule has 3 rings (SSSR count). The first-order valence-electron chi connectivity index (χ1n) is 8.66. The van der Waals surface area contributed by atoms with Crippen molar-refractivity contribution in [2.45, 2.75) is 24.6 Å². The largest absolute Gasteiger partial charge is 0.508 e. The summed E-state index contributed by atoms with van der Waals surface area (Å²) in [5.41, 5.74) is 0.314. The normalized spacial score (nSPS) is 24.5. The molecular formula is C20H20O9. The fourth-order valence-electron chi connectivity index (χ4n) is 2.78. The number of aromatic hydroxyl groups is 3. The van der Waals surface area contributed by atoms with Crippen molar-refractivity contribution >= 4 is 11.9 Å². The van der Waals surface area contributed by atoms with Crippen molar-refractivity contribution < 1.29 is 44.9 Å². The zero-order chi connectivity index (χ0) is 21.1. The van der Waals surface area contributed by atoms with Crippen molar-refractivity contribution in [1.29, 1.82) is 0 Å². The van der Waals surface area contributed by atoms with Gasteiger partial charge in [-0.3, -0.25) is 4.79 Å². The summed E-state index contributed by atoms with van der Waals surface area (Å²) < 4.78 is 10.6. The molecule has 6 N–H and O–H groups in total. The number of carbonyl (C=O) groups is 1. The number of aliphatic hydroxyl groups is 3. The Labute approximate surface area is 165 Å². The summed E-state index contributed by atoms with van der Waals surface area (Å²) in [5, 5.41) is 58.4. The van der Waals surface area contributed by atoms with Gasteiger partial charge in [0.1, 0.15) is 46.9 Å². The molecule has 9 heteroatoms. The molecule has 1 saturated heterocycles. The first-order valence-corrected chi connectivity index (χ1v) is 8.66. The minimum atomic E-state index is -1.63.